The number of hydrogen-bond donors (Lipinski definition) is 5. The number of carboxylic acids is 1. The van der Waals surface area contributed by atoms with Gasteiger partial charge in [-0.25, -0.2) is 4.79 Å². The molecule has 1 unspecified atom stereocenters. The summed E-state index contributed by atoms with van der Waals surface area (Å²) < 4.78 is 4.86. The average molecular weight is 222 g/mol. The molecule has 0 radical (unpaired) electrons. The summed E-state index contributed by atoms with van der Waals surface area (Å²) in [6.45, 7) is -0.309. The molecule has 1 saturated heterocycles. The highest BCUT2D eigenvalue weighted by atomic mass is 16.6. The summed E-state index contributed by atoms with van der Waals surface area (Å²) in [5.41, 5.74) is 0. The van der Waals surface area contributed by atoms with E-state index in [2.05, 4.69) is 0 Å². The number of aliphatic hydroxyl groups excluding tert-OH is 4. The van der Waals surface area contributed by atoms with Gasteiger partial charge in [-0.05, 0) is 6.42 Å². The molecular weight excluding hydrogens is 208 g/mol. The Kier molecular flexibility index (Phi) is 4.00. The van der Waals surface area contributed by atoms with Crippen molar-refractivity contribution in [3.05, 3.63) is 0 Å². The Morgan fingerprint density at radius 1 is 1.13 bits per heavy atom. The Bertz CT molecular complexity index is 231. The van der Waals surface area contributed by atoms with Crippen molar-refractivity contribution in [1.29, 1.82) is 0 Å². The number of hydrogen-bond acceptors (Lipinski definition) is 6. The van der Waals surface area contributed by atoms with E-state index in [4.69, 9.17) is 14.9 Å². The van der Waals surface area contributed by atoms with Crippen molar-refractivity contribution in [3.8, 4) is 0 Å². The first kappa shape index (κ1) is 12.3. The molecule has 88 valence electrons. The third-order valence-corrected chi connectivity index (χ3v) is 2.37. The van der Waals surface area contributed by atoms with Gasteiger partial charge in [0.1, 0.15) is 18.3 Å². The molecule has 0 saturated carbocycles. The Hall–Kier alpha value is -0.730. The van der Waals surface area contributed by atoms with Crippen LogP contribution in [0.15, 0.2) is 0 Å². The Labute approximate surface area is 85.5 Å². The Morgan fingerprint density at radius 3 is 2.20 bits per heavy atom. The largest absolute Gasteiger partial charge is 0.479 e. The predicted octanol–water partition coefficient (Wildman–Crippen LogP) is -2.70. The molecule has 0 bridgehead atoms. The molecule has 5 N–H and O–H groups in total. The van der Waals surface area contributed by atoms with Crippen LogP contribution in [0.25, 0.3) is 0 Å². The molecule has 0 amide bonds. The number of carboxylic acid groups (broad SMARTS) is 1. The Morgan fingerprint density at radius 2 is 1.73 bits per heavy atom. The minimum absolute atomic E-state index is 0.00523. The fraction of sp³-hybridized carbons (Fsp3) is 0.875. The molecule has 1 fully saturated rings. The van der Waals surface area contributed by atoms with Crippen LogP contribution in [0.3, 0.4) is 0 Å². The van der Waals surface area contributed by atoms with Crippen LogP contribution in [0.2, 0.25) is 0 Å². The monoisotopic (exact) mass is 222 g/mol. The van der Waals surface area contributed by atoms with E-state index in [1.54, 1.807) is 0 Å². The van der Waals surface area contributed by atoms with Gasteiger partial charge in [0.15, 0.2) is 6.10 Å². The van der Waals surface area contributed by atoms with Gasteiger partial charge in [-0.2, -0.15) is 0 Å². The second kappa shape index (κ2) is 4.86. The fourth-order valence-corrected chi connectivity index (χ4v) is 1.52. The van der Waals surface area contributed by atoms with Crippen LogP contribution >= 0.6 is 0 Å². The summed E-state index contributed by atoms with van der Waals surface area (Å²) >= 11 is 0. The minimum Gasteiger partial charge on any atom is -0.479 e. The lowest BCUT2D eigenvalue weighted by Gasteiger charge is -2.38. The third-order valence-electron chi connectivity index (χ3n) is 2.37. The minimum atomic E-state index is -1.67. The summed E-state index contributed by atoms with van der Waals surface area (Å²) in [5.74, 6) is -1.42. The third kappa shape index (κ3) is 2.44. The van der Waals surface area contributed by atoms with Crippen LogP contribution in [0.1, 0.15) is 6.42 Å². The van der Waals surface area contributed by atoms with Crippen molar-refractivity contribution >= 4 is 5.97 Å². The number of aliphatic carboxylic acids is 1. The zero-order chi connectivity index (χ0) is 11.6. The highest BCUT2D eigenvalue weighted by molar-refractivity contribution is 5.73. The number of rotatable bonds is 3. The maximum absolute atomic E-state index is 10.6. The molecule has 0 aromatic rings. The lowest BCUT2D eigenvalue weighted by molar-refractivity contribution is -0.229. The molecule has 0 spiro atoms. The van der Waals surface area contributed by atoms with Gasteiger partial charge in [-0.15, -0.1) is 0 Å². The van der Waals surface area contributed by atoms with Gasteiger partial charge in [-0.1, -0.05) is 0 Å². The van der Waals surface area contributed by atoms with Crippen molar-refractivity contribution in [3.63, 3.8) is 0 Å². The van der Waals surface area contributed by atoms with Crippen molar-refractivity contribution in [2.75, 3.05) is 6.61 Å². The van der Waals surface area contributed by atoms with E-state index in [9.17, 15) is 20.1 Å². The van der Waals surface area contributed by atoms with Gasteiger partial charge in [0.2, 0.25) is 0 Å². The van der Waals surface area contributed by atoms with Crippen LogP contribution in [0, 0.1) is 0 Å². The molecule has 5 atom stereocenters. The quantitative estimate of drug-likeness (QED) is 0.351. The fourth-order valence-electron chi connectivity index (χ4n) is 1.52. The van der Waals surface area contributed by atoms with Crippen molar-refractivity contribution in [2.24, 2.45) is 0 Å². The molecule has 0 aromatic carbocycles. The van der Waals surface area contributed by atoms with Gasteiger partial charge < -0.3 is 30.3 Å². The van der Waals surface area contributed by atoms with Crippen LogP contribution in [-0.4, -0.2) is 68.6 Å². The van der Waals surface area contributed by atoms with Crippen LogP contribution < -0.4 is 0 Å². The maximum Gasteiger partial charge on any atom is 0.335 e. The molecule has 0 aromatic heterocycles. The summed E-state index contributed by atoms with van der Waals surface area (Å²) in [6.07, 6.45) is -7.24. The van der Waals surface area contributed by atoms with Gasteiger partial charge in [0, 0.05) is 6.61 Å². The zero-order valence-electron chi connectivity index (χ0n) is 7.85. The van der Waals surface area contributed by atoms with E-state index in [1.807, 2.05) is 0 Å². The standard InChI is InChI=1S/C8H14O7/c9-2-1-3-4(10)5(11)6(12)7(15-3)8(13)14/h3-7,9-12H,1-2H2,(H,13,14)/t3?,4-,5+,6-,7-/m0/s1. The highest BCUT2D eigenvalue weighted by Crippen LogP contribution is 2.23. The van der Waals surface area contributed by atoms with E-state index in [0.717, 1.165) is 0 Å². The number of aliphatic hydroxyl groups is 4. The lowest BCUT2D eigenvalue weighted by Crippen LogP contribution is -2.59. The normalized spacial score (nSPS) is 41.5. The summed E-state index contributed by atoms with van der Waals surface area (Å²) in [4.78, 5) is 10.6. The van der Waals surface area contributed by atoms with Gasteiger partial charge in [0.25, 0.3) is 0 Å². The SMILES string of the molecule is O=C(O)[C@H]1OC(CCO)[C@H](O)[C@@H](O)[C@@H]1O. The molecule has 1 aliphatic rings. The van der Waals surface area contributed by atoms with Gasteiger partial charge in [0.05, 0.1) is 6.10 Å². The molecule has 1 heterocycles. The second-order valence-corrected chi connectivity index (χ2v) is 3.42. The predicted molar refractivity (Wildman–Crippen MR) is 46.0 cm³/mol. The number of ether oxygens (including phenoxy) is 1. The second-order valence-electron chi connectivity index (χ2n) is 3.42. The molecule has 1 rings (SSSR count). The van der Waals surface area contributed by atoms with E-state index >= 15 is 0 Å². The zero-order valence-corrected chi connectivity index (χ0v) is 7.85. The molecule has 1 aliphatic heterocycles. The first-order valence-corrected chi connectivity index (χ1v) is 4.52. The lowest BCUT2D eigenvalue weighted by atomic mass is 9.93. The molecule has 0 aliphatic carbocycles. The van der Waals surface area contributed by atoms with E-state index < -0.39 is 36.5 Å². The summed E-state index contributed by atoms with van der Waals surface area (Å²) in [5, 5.41) is 45.3. The van der Waals surface area contributed by atoms with E-state index in [1.165, 1.54) is 0 Å². The van der Waals surface area contributed by atoms with Crippen molar-refractivity contribution < 1.29 is 35.1 Å². The first-order chi connectivity index (χ1) is 6.99. The van der Waals surface area contributed by atoms with E-state index in [0.29, 0.717) is 0 Å². The maximum atomic E-state index is 10.6. The first-order valence-electron chi connectivity index (χ1n) is 4.52. The van der Waals surface area contributed by atoms with Gasteiger partial charge in [-0.3, -0.25) is 0 Å². The van der Waals surface area contributed by atoms with Crippen LogP contribution in [0.5, 0.6) is 0 Å². The molecule has 7 nitrogen and oxygen atoms in total. The van der Waals surface area contributed by atoms with Crippen LogP contribution in [0.4, 0.5) is 0 Å². The summed E-state index contributed by atoms with van der Waals surface area (Å²) in [6, 6.07) is 0. The Balaban J connectivity index is 2.75. The highest BCUT2D eigenvalue weighted by Gasteiger charge is 2.46. The van der Waals surface area contributed by atoms with Crippen LogP contribution in [-0.2, 0) is 9.53 Å². The van der Waals surface area contributed by atoms with Crippen molar-refractivity contribution in [2.45, 2.75) is 36.9 Å². The van der Waals surface area contributed by atoms with Crippen molar-refractivity contribution in [1.82, 2.24) is 0 Å². The van der Waals surface area contributed by atoms with Gasteiger partial charge >= 0.3 is 5.97 Å². The molecule has 7 heteroatoms. The smallest absolute Gasteiger partial charge is 0.335 e. The summed E-state index contributed by atoms with van der Waals surface area (Å²) in [7, 11) is 0. The van der Waals surface area contributed by atoms with E-state index in [-0.39, 0.29) is 13.0 Å². The average Bonchev–Trinajstić information content (AvgIpc) is 2.18. The number of carbonyl (C=O) groups is 1. The molecular formula is C8H14O7. The topological polar surface area (TPSA) is 127 Å². The molecule has 15 heavy (non-hydrogen) atoms.